The number of piperidine rings is 1. The quantitative estimate of drug-likeness (QED) is 0.536. The van der Waals surface area contributed by atoms with Gasteiger partial charge in [-0.15, -0.1) is 0 Å². The van der Waals surface area contributed by atoms with Crippen molar-refractivity contribution >= 4 is 22.4 Å². The van der Waals surface area contributed by atoms with Gasteiger partial charge < -0.3 is 5.32 Å². The van der Waals surface area contributed by atoms with Gasteiger partial charge in [0.1, 0.15) is 0 Å². The zero-order valence-electron chi connectivity index (χ0n) is 10.1. The zero-order chi connectivity index (χ0) is 12.5. The Morgan fingerprint density at radius 3 is 3.33 bits per heavy atom. The molecule has 0 aliphatic carbocycles. The number of likely N-dealkylation sites (tertiary alicyclic amines) is 1. The van der Waals surface area contributed by atoms with Gasteiger partial charge in [-0.05, 0) is 19.4 Å². The van der Waals surface area contributed by atoms with Crippen LogP contribution in [0.1, 0.15) is 17.7 Å². The van der Waals surface area contributed by atoms with Gasteiger partial charge in [0.2, 0.25) is 5.91 Å². The molecule has 3 rings (SSSR count). The highest BCUT2D eigenvalue weighted by Gasteiger charge is 2.40. The summed E-state index contributed by atoms with van der Waals surface area (Å²) in [5.41, 5.74) is 2.56. The Morgan fingerprint density at radius 1 is 1.67 bits per heavy atom. The van der Waals surface area contributed by atoms with E-state index in [0.717, 1.165) is 37.6 Å². The minimum absolute atomic E-state index is 0.179. The topological polar surface area (TPSA) is 83.3 Å². The lowest BCUT2D eigenvalue weighted by Gasteiger charge is -2.35. The van der Waals surface area contributed by atoms with Crippen LogP contribution in [0.4, 0.5) is 5.13 Å². The van der Waals surface area contributed by atoms with E-state index in [4.69, 9.17) is 5.84 Å². The highest BCUT2D eigenvalue weighted by atomic mass is 32.1. The number of thiazole rings is 1. The molecule has 6 nitrogen and oxygen atoms in total. The Morgan fingerprint density at radius 2 is 2.56 bits per heavy atom. The van der Waals surface area contributed by atoms with Crippen molar-refractivity contribution in [3.05, 3.63) is 11.1 Å². The number of rotatable bonds is 3. The van der Waals surface area contributed by atoms with E-state index < -0.39 is 0 Å². The number of aromatic nitrogens is 1. The molecule has 0 spiro atoms. The molecule has 98 valence electrons. The summed E-state index contributed by atoms with van der Waals surface area (Å²) in [6.45, 7) is 2.69. The van der Waals surface area contributed by atoms with Crippen molar-refractivity contribution in [3.63, 3.8) is 0 Å². The van der Waals surface area contributed by atoms with Crippen LogP contribution in [0.3, 0.4) is 0 Å². The number of carbonyl (C=O) groups is 1. The van der Waals surface area contributed by atoms with Gasteiger partial charge in [-0.3, -0.25) is 15.1 Å². The first kappa shape index (κ1) is 11.9. The van der Waals surface area contributed by atoms with Gasteiger partial charge in [0, 0.05) is 30.2 Å². The highest BCUT2D eigenvalue weighted by Crippen LogP contribution is 2.29. The van der Waals surface area contributed by atoms with Crippen molar-refractivity contribution in [1.29, 1.82) is 0 Å². The molecular formula is C11H17N5OS. The summed E-state index contributed by atoms with van der Waals surface area (Å²) >= 11 is 1.57. The third-order valence-corrected chi connectivity index (χ3v) is 4.67. The summed E-state index contributed by atoms with van der Waals surface area (Å²) in [5.74, 6) is 5.73. The van der Waals surface area contributed by atoms with Crippen molar-refractivity contribution in [3.8, 4) is 0 Å². The third-order valence-electron chi connectivity index (χ3n) is 3.75. The molecule has 3 heterocycles. The van der Waals surface area contributed by atoms with Crippen molar-refractivity contribution in [1.82, 2.24) is 15.2 Å². The highest BCUT2D eigenvalue weighted by molar-refractivity contribution is 7.15. The van der Waals surface area contributed by atoms with Crippen molar-refractivity contribution in [2.24, 2.45) is 11.8 Å². The van der Waals surface area contributed by atoms with Crippen LogP contribution in [-0.4, -0.2) is 34.9 Å². The van der Waals surface area contributed by atoms with Crippen LogP contribution in [0, 0.1) is 5.92 Å². The van der Waals surface area contributed by atoms with Crippen LogP contribution in [0.2, 0.25) is 0 Å². The van der Waals surface area contributed by atoms with Gasteiger partial charge >= 0.3 is 0 Å². The Bertz CT molecular complexity index is 448. The number of amides is 1. The van der Waals surface area contributed by atoms with Gasteiger partial charge in [-0.2, -0.15) is 0 Å². The van der Waals surface area contributed by atoms with Crippen molar-refractivity contribution in [2.45, 2.75) is 25.4 Å². The number of hydrogen-bond donors (Lipinski definition) is 3. The minimum atomic E-state index is 0.179. The molecule has 0 saturated carbocycles. The lowest BCUT2D eigenvalue weighted by molar-refractivity contribution is -0.124. The number of hydrogen-bond acceptors (Lipinski definition) is 6. The molecule has 1 amide bonds. The molecule has 2 saturated heterocycles. The zero-order valence-corrected chi connectivity index (χ0v) is 10.9. The Kier molecular flexibility index (Phi) is 3.19. The molecule has 1 aromatic heterocycles. The molecular weight excluding hydrogens is 250 g/mol. The Balaban J connectivity index is 1.70. The van der Waals surface area contributed by atoms with Crippen LogP contribution in [0.15, 0.2) is 6.20 Å². The molecule has 7 heteroatoms. The van der Waals surface area contributed by atoms with E-state index in [1.165, 1.54) is 4.88 Å². The van der Waals surface area contributed by atoms with Crippen LogP contribution in [-0.2, 0) is 11.3 Å². The number of hydrazine groups is 1. The first-order valence-corrected chi connectivity index (χ1v) is 7.02. The number of nitrogen functional groups attached to an aromatic ring is 1. The van der Waals surface area contributed by atoms with Gasteiger partial charge in [0.15, 0.2) is 5.13 Å². The van der Waals surface area contributed by atoms with E-state index in [1.54, 1.807) is 11.3 Å². The predicted molar refractivity (Wildman–Crippen MR) is 69.9 cm³/mol. The van der Waals surface area contributed by atoms with Gasteiger partial charge in [-0.25, -0.2) is 10.8 Å². The molecule has 0 bridgehead atoms. The van der Waals surface area contributed by atoms with Crippen LogP contribution < -0.4 is 16.6 Å². The maximum absolute atomic E-state index is 11.7. The first-order valence-electron chi connectivity index (χ1n) is 6.21. The third kappa shape index (κ3) is 2.09. The molecule has 0 aromatic carbocycles. The van der Waals surface area contributed by atoms with E-state index in [2.05, 4.69) is 20.6 Å². The molecule has 18 heavy (non-hydrogen) atoms. The van der Waals surface area contributed by atoms with Crippen LogP contribution >= 0.6 is 11.3 Å². The predicted octanol–water partition coefficient (Wildman–Crippen LogP) is 0.139. The fourth-order valence-corrected chi connectivity index (χ4v) is 3.63. The number of nitrogens with two attached hydrogens (primary N) is 1. The van der Waals surface area contributed by atoms with Gasteiger partial charge in [0.05, 0.1) is 5.92 Å². The van der Waals surface area contributed by atoms with Crippen LogP contribution in [0.5, 0.6) is 0 Å². The van der Waals surface area contributed by atoms with Crippen molar-refractivity contribution in [2.75, 3.05) is 18.5 Å². The van der Waals surface area contributed by atoms with Crippen molar-refractivity contribution < 1.29 is 4.79 Å². The van der Waals surface area contributed by atoms with Gasteiger partial charge in [-0.1, -0.05) is 11.3 Å². The van der Waals surface area contributed by atoms with E-state index in [9.17, 15) is 4.79 Å². The normalized spacial score (nSPS) is 27.9. The maximum Gasteiger partial charge on any atom is 0.224 e. The van der Waals surface area contributed by atoms with Gasteiger partial charge in [0.25, 0.3) is 0 Å². The molecule has 2 aliphatic rings. The summed E-state index contributed by atoms with van der Waals surface area (Å²) < 4.78 is 0. The number of anilines is 1. The maximum atomic E-state index is 11.7. The number of fused-ring (bicyclic) bond motifs is 1. The number of nitrogens with zero attached hydrogens (tertiary/aromatic N) is 2. The Labute approximate surface area is 110 Å². The summed E-state index contributed by atoms with van der Waals surface area (Å²) in [7, 11) is 0. The standard InChI is InChI=1S/C11H17N5OS/c12-15-11-14-4-7(18-11)6-16-3-1-2-8-9(16)5-13-10(8)17/h4,8-9H,1-3,5-6,12H2,(H,13,17)(H,14,15). The monoisotopic (exact) mass is 267 g/mol. The second-order valence-corrected chi connectivity index (χ2v) is 5.92. The summed E-state index contributed by atoms with van der Waals surface area (Å²) in [4.78, 5) is 19.4. The second-order valence-electron chi connectivity index (χ2n) is 4.81. The molecule has 2 aliphatic heterocycles. The molecule has 1 aromatic rings. The summed E-state index contributed by atoms with van der Waals surface area (Å²) in [6.07, 6.45) is 3.97. The lowest BCUT2D eigenvalue weighted by Crippen LogP contribution is -2.44. The average molecular weight is 267 g/mol. The fourth-order valence-electron chi connectivity index (χ4n) is 2.88. The lowest BCUT2D eigenvalue weighted by atomic mass is 9.91. The van der Waals surface area contributed by atoms with E-state index in [0.29, 0.717) is 6.04 Å². The molecule has 4 N–H and O–H groups in total. The van der Waals surface area contributed by atoms with E-state index in [-0.39, 0.29) is 11.8 Å². The smallest absolute Gasteiger partial charge is 0.224 e. The first-order chi connectivity index (χ1) is 8.78. The largest absolute Gasteiger partial charge is 0.354 e. The van der Waals surface area contributed by atoms with E-state index in [1.807, 2.05) is 6.20 Å². The number of carbonyl (C=O) groups excluding carboxylic acids is 1. The Hall–Kier alpha value is -1.18. The molecule has 2 atom stereocenters. The number of nitrogens with one attached hydrogen (secondary N) is 2. The second kappa shape index (κ2) is 4.83. The van der Waals surface area contributed by atoms with E-state index >= 15 is 0 Å². The summed E-state index contributed by atoms with van der Waals surface area (Å²) in [5, 5.41) is 3.70. The minimum Gasteiger partial charge on any atom is -0.354 e. The fraction of sp³-hybridized carbons (Fsp3) is 0.636. The molecule has 0 radical (unpaired) electrons. The van der Waals surface area contributed by atoms with Crippen LogP contribution in [0.25, 0.3) is 0 Å². The molecule has 2 fully saturated rings. The molecule has 2 unspecified atom stereocenters. The summed E-state index contributed by atoms with van der Waals surface area (Å²) in [6, 6.07) is 0.350. The average Bonchev–Trinajstić information content (AvgIpc) is 2.98. The SMILES string of the molecule is NNc1ncc(CN2CCCC3C(=O)NCC32)s1.